The average Bonchev–Trinajstić information content (AvgIpc) is 2.37. The number of hydrogen-bond donors (Lipinski definition) is 3. The molecule has 5 nitrogen and oxygen atoms in total. The third-order valence-corrected chi connectivity index (χ3v) is 2.24. The Kier molecular flexibility index (Phi) is 5.60. The summed E-state index contributed by atoms with van der Waals surface area (Å²) in [6.07, 6.45) is 4.41. The predicted molar refractivity (Wildman–Crippen MR) is 69.1 cm³/mol. The first-order chi connectivity index (χ1) is 8.65. The van der Waals surface area contributed by atoms with Gasteiger partial charge in [-0.15, -0.1) is 0 Å². The molecule has 18 heavy (non-hydrogen) atoms. The molecule has 0 aromatic heterocycles. The Hall–Kier alpha value is -2.14. The second-order valence-electron chi connectivity index (χ2n) is 3.64. The fourth-order valence-corrected chi connectivity index (χ4v) is 1.41. The van der Waals surface area contributed by atoms with E-state index in [1.165, 1.54) is 0 Å². The molecule has 1 amide bonds. The molecular formula is C13H16N2O3. The van der Waals surface area contributed by atoms with Crippen LogP contribution < -0.4 is 11.1 Å². The molecule has 0 aliphatic rings. The van der Waals surface area contributed by atoms with Gasteiger partial charge < -0.3 is 16.2 Å². The number of carbonyl (C=O) groups excluding carboxylic acids is 1. The summed E-state index contributed by atoms with van der Waals surface area (Å²) in [6.45, 7) is 0.156. The van der Waals surface area contributed by atoms with Crippen LogP contribution in [-0.4, -0.2) is 30.1 Å². The summed E-state index contributed by atoms with van der Waals surface area (Å²) in [5.74, 6) is -1.47. The average molecular weight is 248 g/mol. The van der Waals surface area contributed by atoms with Gasteiger partial charge in [0.1, 0.15) is 6.54 Å². The minimum Gasteiger partial charge on any atom is -0.480 e. The zero-order valence-electron chi connectivity index (χ0n) is 9.93. The number of nitrogens with one attached hydrogen (secondary N) is 1. The van der Waals surface area contributed by atoms with Gasteiger partial charge >= 0.3 is 5.97 Å². The van der Waals surface area contributed by atoms with E-state index in [0.29, 0.717) is 12.1 Å². The van der Waals surface area contributed by atoms with Crippen molar-refractivity contribution in [2.75, 3.05) is 13.1 Å². The number of carbonyl (C=O) groups is 2. The lowest BCUT2D eigenvalue weighted by molar-refractivity contribution is -0.135. The van der Waals surface area contributed by atoms with Crippen LogP contribution in [0.5, 0.6) is 0 Å². The summed E-state index contributed by atoms with van der Waals surface area (Å²) in [4.78, 5) is 22.2. The fraction of sp³-hybridized carbons (Fsp3) is 0.231. The van der Waals surface area contributed by atoms with Crippen molar-refractivity contribution in [2.24, 2.45) is 5.73 Å². The highest BCUT2D eigenvalue weighted by atomic mass is 16.4. The zero-order chi connectivity index (χ0) is 13.4. The molecule has 0 fully saturated rings. The van der Waals surface area contributed by atoms with E-state index in [9.17, 15) is 9.59 Å². The number of carboxylic acid groups (broad SMARTS) is 1. The molecule has 5 heteroatoms. The van der Waals surface area contributed by atoms with Crippen molar-refractivity contribution < 1.29 is 14.7 Å². The van der Waals surface area contributed by atoms with Gasteiger partial charge in [-0.3, -0.25) is 9.59 Å². The van der Waals surface area contributed by atoms with Crippen LogP contribution in [0, 0.1) is 0 Å². The largest absolute Gasteiger partial charge is 0.480 e. The smallest absolute Gasteiger partial charge is 0.322 e. The van der Waals surface area contributed by atoms with Gasteiger partial charge in [0.15, 0.2) is 0 Å². The molecule has 1 aromatic carbocycles. The Morgan fingerprint density at radius 1 is 1.33 bits per heavy atom. The standard InChI is InChI=1S/C13H16N2O3/c14-8-4-3-6-10-5-1-2-7-11(10)13(18)15-9-12(16)17/h1-3,5-7H,4,8-9,14H2,(H,15,18)(H,16,17). The normalized spacial score (nSPS) is 10.5. The molecule has 0 bridgehead atoms. The van der Waals surface area contributed by atoms with E-state index in [1.807, 2.05) is 18.2 Å². The lowest BCUT2D eigenvalue weighted by Gasteiger charge is -2.05. The van der Waals surface area contributed by atoms with Gasteiger partial charge in [-0.2, -0.15) is 0 Å². The van der Waals surface area contributed by atoms with E-state index in [0.717, 1.165) is 12.0 Å². The molecule has 0 aliphatic carbocycles. The first kappa shape index (κ1) is 13.9. The molecule has 0 aliphatic heterocycles. The van der Waals surface area contributed by atoms with Crippen LogP contribution in [0.4, 0.5) is 0 Å². The highest BCUT2D eigenvalue weighted by Crippen LogP contribution is 2.11. The third kappa shape index (κ3) is 4.39. The first-order valence-electron chi connectivity index (χ1n) is 5.60. The van der Waals surface area contributed by atoms with E-state index in [-0.39, 0.29) is 6.54 Å². The first-order valence-corrected chi connectivity index (χ1v) is 5.60. The molecule has 96 valence electrons. The number of carboxylic acids is 1. The van der Waals surface area contributed by atoms with Gasteiger partial charge in [-0.25, -0.2) is 0 Å². The maximum absolute atomic E-state index is 11.8. The number of hydrogen-bond acceptors (Lipinski definition) is 3. The molecule has 0 heterocycles. The summed E-state index contributed by atoms with van der Waals surface area (Å²) in [6, 6.07) is 6.99. The van der Waals surface area contributed by atoms with Gasteiger partial charge in [0.05, 0.1) is 0 Å². The third-order valence-electron chi connectivity index (χ3n) is 2.24. The summed E-state index contributed by atoms with van der Waals surface area (Å²) in [5.41, 5.74) is 6.57. The van der Waals surface area contributed by atoms with Gasteiger partial charge in [-0.05, 0) is 24.6 Å². The number of nitrogens with two attached hydrogens (primary N) is 1. The second-order valence-corrected chi connectivity index (χ2v) is 3.64. The summed E-state index contributed by atoms with van der Waals surface area (Å²) in [5, 5.41) is 10.8. The van der Waals surface area contributed by atoms with Crippen molar-refractivity contribution in [3.05, 3.63) is 41.5 Å². The van der Waals surface area contributed by atoms with E-state index in [2.05, 4.69) is 5.32 Å². The van der Waals surface area contributed by atoms with Crippen LogP contribution in [0.1, 0.15) is 22.3 Å². The van der Waals surface area contributed by atoms with Crippen LogP contribution in [0.15, 0.2) is 30.3 Å². The van der Waals surface area contributed by atoms with Crippen LogP contribution in [0.3, 0.4) is 0 Å². The Morgan fingerprint density at radius 2 is 2.06 bits per heavy atom. The summed E-state index contributed by atoms with van der Waals surface area (Å²) >= 11 is 0. The molecule has 4 N–H and O–H groups in total. The Bertz CT molecular complexity index is 455. The van der Waals surface area contributed by atoms with Crippen molar-refractivity contribution >= 4 is 18.0 Å². The van der Waals surface area contributed by atoms with Gasteiger partial charge in [0.2, 0.25) is 0 Å². The maximum Gasteiger partial charge on any atom is 0.322 e. The van der Waals surface area contributed by atoms with E-state index >= 15 is 0 Å². The van der Waals surface area contributed by atoms with Crippen LogP contribution >= 0.6 is 0 Å². The molecule has 1 aromatic rings. The fourth-order valence-electron chi connectivity index (χ4n) is 1.41. The number of rotatable bonds is 6. The Labute approximate surface area is 105 Å². The lowest BCUT2D eigenvalue weighted by atomic mass is 10.1. The van der Waals surface area contributed by atoms with Crippen LogP contribution in [-0.2, 0) is 4.79 Å². The summed E-state index contributed by atoms with van der Waals surface area (Å²) in [7, 11) is 0. The van der Waals surface area contributed by atoms with Crippen molar-refractivity contribution in [3.8, 4) is 0 Å². The molecule has 1 rings (SSSR count). The van der Waals surface area contributed by atoms with Crippen LogP contribution in [0.25, 0.3) is 6.08 Å². The summed E-state index contributed by atoms with van der Waals surface area (Å²) < 4.78 is 0. The maximum atomic E-state index is 11.8. The lowest BCUT2D eigenvalue weighted by Crippen LogP contribution is -2.29. The van der Waals surface area contributed by atoms with E-state index < -0.39 is 11.9 Å². The molecule has 0 atom stereocenters. The minimum atomic E-state index is -1.07. The Balaban J connectivity index is 2.80. The minimum absolute atomic E-state index is 0.389. The monoisotopic (exact) mass is 248 g/mol. The van der Waals surface area contributed by atoms with E-state index in [4.69, 9.17) is 10.8 Å². The van der Waals surface area contributed by atoms with Crippen molar-refractivity contribution in [1.29, 1.82) is 0 Å². The van der Waals surface area contributed by atoms with Gasteiger partial charge in [0, 0.05) is 5.56 Å². The highest BCUT2D eigenvalue weighted by Gasteiger charge is 2.09. The zero-order valence-corrected chi connectivity index (χ0v) is 9.93. The second kappa shape index (κ2) is 7.24. The van der Waals surface area contributed by atoms with Crippen molar-refractivity contribution in [2.45, 2.75) is 6.42 Å². The number of benzene rings is 1. The van der Waals surface area contributed by atoms with E-state index in [1.54, 1.807) is 18.2 Å². The SMILES string of the molecule is NCCC=Cc1ccccc1C(=O)NCC(=O)O. The van der Waals surface area contributed by atoms with Gasteiger partial charge in [-0.1, -0.05) is 30.4 Å². The molecule has 0 saturated heterocycles. The quantitative estimate of drug-likeness (QED) is 0.696. The molecule has 0 radical (unpaired) electrons. The van der Waals surface area contributed by atoms with Crippen molar-refractivity contribution in [1.82, 2.24) is 5.32 Å². The number of aliphatic carboxylic acids is 1. The van der Waals surface area contributed by atoms with Crippen molar-refractivity contribution in [3.63, 3.8) is 0 Å². The highest BCUT2D eigenvalue weighted by molar-refractivity contribution is 5.98. The molecule has 0 saturated carbocycles. The molecular weight excluding hydrogens is 232 g/mol. The van der Waals surface area contributed by atoms with Gasteiger partial charge in [0.25, 0.3) is 5.91 Å². The molecule has 0 spiro atoms. The topological polar surface area (TPSA) is 92.4 Å². The molecule has 0 unspecified atom stereocenters. The van der Waals surface area contributed by atoms with Crippen LogP contribution in [0.2, 0.25) is 0 Å². The predicted octanol–water partition coefficient (Wildman–Crippen LogP) is 0.863. The Morgan fingerprint density at radius 3 is 2.72 bits per heavy atom. The number of amides is 1.